The predicted molar refractivity (Wildman–Crippen MR) is 163 cm³/mol. The molecule has 1 aliphatic heterocycles. The van der Waals surface area contributed by atoms with Gasteiger partial charge in [0.15, 0.2) is 11.4 Å². The Bertz CT molecular complexity index is 1620. The number of para-hydroxylation sites is 1. The number of fused-ring (bicyclic) bond motifs is 2. The number of hydrogen-bond acceptors (Lipinski definition) is 8. The number of aromatic nitrogens is 4. The van der Waals surface area contributed by atoms with Gasteiger partial charge in [-0.05, 0) is 42.9 Å². The summed E-state index contributed by atoms with van der Waals surface area (Å²) < 4.78 is 7.13. The molecule has 4 aromatic rings. The molecule has 4 N–H and O–H groups in total. The second-order valence-electron chi connectivity index (χ2n) is 11.2. The smallest absolute Gasteiger partial charge is 0.274 e. The van der Waals surface area contributed by atoms with Gasteiger partial charge in [0.1, 0.15) is 24.4 Å². The van der Waals surface area contributed by atoms with Crippen molar-refractivity contribution < 1.29 is 23.6 Å². The van der Waals surface area contributed by atoms with Crippen molar-refractivity contribution in [1.82, 2.24) is 41.2 Å². The lowest BCUT2D eigenvalue weighted by atomic mass is 10.00. The van der Waals surface area contributed by atoms with Gasteiger partial charge in [-0.1, -0.05) is 67.6 Å². The first-order valence-corrected chi connectivity index (χ1v) is 15.0. The zero-order valence-electron chi connectivity index (χ0n) is 25.1. The molecule has 0 spiro atoms. The maximum atomic E-state index is 13.7. The normalized spacial score (nSPS) is 19.8. The van der Waals surface area contributed by atoms with Crippen LogP contribution in [-0.4, -0.2) is 62.2 Å². The minimum atomic E-state index is -0.969. The molecule has 3 heterocycles. The van der Waals surface area contributed by atoms with Crippen molar-refractivity contribution in [2.45, 2.75) is 57.7 Å². The minimum Gasteiger partial charge on any atom is -0.446 e. The second-order valence-corrected chi connectivity index (χ2v) is 11.2. The van der Waals surface area contributed by atoms with Crippen LogP contribution < -0.4 is 21.3 Å². The Kier molecular flexibility index (Phi) is 9.97. The van der Waals surface area contributed by atoms with Gasteiger partial charge >= 0.3 is 0 Å². The number of rotatable bonds is 6. The highest BCUT2D eigenvalue weighted by Crippen LogP contribution is 2.20. The molecule has 0 saturated carbocycles. The van der Waals surface area contributed by atoms with Crippen molar-refractivity contribution >= 4 is 23.6 Å². The molecule has 4 amide bonds. The summed E-state index contributed by atoms with van der Waals surface area (Å²) in [4.78, 5) is 57.7. The summed E-state index contributed by atoms with van der Waals surface area (Å²) >= 11 is 0. The molecule has 1 aliphatic rings. The van der Waals surface area contributed by atoms with Crippen molar-refractivity contribution in [3.63, 3.8) is 0 Å². The van der Waals surface area contributed by atoms with Crippen LogP contribution in [0.25, 0.3) is 5.69 Å². The zero-order chi connectivity index (χ0) is 31.8. The molecule has 5 rings (SSSR count). The van der Waals surface area contributed by atoms with E-state index in [0.717, 1.165) is 11.3 Å². The van der Waals surface area contributed by atoms with Crippen LogP contribution in [0.3, 0.4) is 0 Å². The molecule has 0 unspecified atom stereocenters. The summed E-state index contributed by atoms with van der Waals surface area (Å²) in [6.07, 6.45) is 4.39. The minimum absolute atomic E-state index is 0.0393. The van der Waals surface area contributed by atoms with Gasteiger partial charge in [0, 0.05) is 13.0 Å². The van der Waals surface area contributed by atoms with E-state index in [1.807, 2.05) is 74.5 Å². The average molecular weight is 613 g/mol. The van der Waals surface area contributed by atoms with Crippen LogP contribution in [-0.2, 0) is 16.0 Å². The van der Waals surface area contributed by atoms with Gasteiger partial charge in [0.05, 0.1) is 11.9 Å². The summed E-state index contributed by atoms with van der Waals surface area (Å²) in [5.41, 5.74) is 1.79. The summed E-state index contributed by atoms with van der Waals surface area (Å²) in [5.74, 6) is -2.07. The van der Waals surface area contributed by atoms with Crippen LogP contribution in [0.2, 0.25) is 0 Å². The van der Waals surface area contributed by atoms with Crippen molar-refractivity contribution in [2.75, 3.05) is 6.54 Å². The topological polar surface area (TPSA) is 173 Å². The highest BCUT2D eigenvalue weighted by Gasteiger charge is 2.32. The number of carbonyl (C=O) groups is 4. The number of hydrogen-bond donors (Lipinski definition) is 4. The summed E-state index contributed by atoms with van der Waals surface area (Å²) in [6.45, 7) is 3.96. The molecule has 0 fully saturated rings. The fourth-order valence-corrected chi connectivity index (χ4v) is 4.99. The molecule has 2 aromatic heterocycles. The van der Waals surface area contributed by atoms with Crippen molar-refractivity contribution in [3.05, 3.63) is 96.0 Å². The van der Waals surface area contributed by atoms with Gasteiger partial charge in [-0.15, -0.1) is 5.10 Å². The molecule has 13 heteroatoms. The molecule has 45 heavy (non-hydrogen) atoms. The van der Waals surface area contributed by atoms with Crippen LogP contribution in [0, 0.1) is 5.92 Å². The molecule has 0 aliphatic carbocycles. The maximum absolute atomic E-state index is 13.7. The van der Waals surface area contributed by atoms with E-state index in [9.17, 15) is 19.2 Å². The quantitative estimate of drug-likeness (QED) is 0.257. The Balaban J connectivity index is 1.37. The molecule has 3 atom stereocenters. The lowest BCUT2D eigenvalue weighted by Crippen LogP contribution is -2.56. The SMILES string of the molecule is CC(C)[C@@H]1NC(=O)[C@@H](NC(=O)c2cn(-c3ccccc3)nn2)CCCCNC(=O)c2coc(n2)[C@@H](Cc2ccccc2)NC1=O. The summed E-state index contributed by atoms with van der Waals surface area (Å²) in [7, 11) is 0. The fourth-order valence-electron chi connectivity index (χ4n) is 4.99. The predicted octanol–water partition coefficient (Wildman–Crippen LogP) is 2.51. The van der Waals surface area contributed by atoms with Gasteiger partial charge in [-0.25, -0.2) is 9.67 Å². The highest BCUT2D eigenvalue weighted by molar-refractivity contribution is 5.97. The Hall–Kier alpha value is -5.33. The number of nitrogens with zero attached hydrogens (tertiary/aromatic N) is 4. The van der Waals surface area contributed by atoms with E-state index in [1.54, 1.807) is 0 Å². The standard InChI is InChI=1S/C32H36N8O5/c1-20(2)27-31(44)35-24(17-21-11-5-3-6-12-21)32-36-26(19-45-32)28(41)33-16-10-9-15-23(29(42)37-27)34-30(43)25-18-40(39-38-25)22-13-7-4-8-14-22/h3-8,11-14,18-20,23-24,27H,9-10,15-17H2,1-2H3,(H,33,41)(H,34,43)(H,35,44)(H,37,42)/t23-,24+,27-/m0/s1. The van der Waals surface area contributed by atoms with E-state index in [0.29, 0.717) is 25.8 Å². The average Bonchev–Trinajstić information content (AvgIpc) is 3.74. The summed E-state index contributed by atoms with van der Waals surface area (Å²) in [5, 5.41) is 19.4. The fraction of sp³-hybridized carbons (Fsp3) is 0.344. The Morgan fingerprint density at radius 2 is 1.73 bits per heavy atom. The lowest BCUT2D eigenvalue weighted by molar-refractivity contribution is -0.131. The third-order valence-electron chi connectivity index (χ3n) is 7.47. The number of benzene rings is 2. The van der Waals surface area contributed by atoms with Crippen molar-refractivity contribution in [2.24, 2.45) is 5.92 Å². The molecule has 234 valence electrons. The first kappa shape index (κ1) is 31.1. The van der Waals surface area contributed by atoms with Gasteiger partial charge in [-0.2, -0.15) is 0 Å². The third-order valence-corrected chi connectivity index (χ3v) is 7.47. The van der Waals surface area contributed by atoms with Crippen LogP contribution in [0.1, 0.15) is 71.6 Å². The van der Waals surface area contributed by atoms with Crippen molar-refractivity contribution in [1.29, 1.82) is 0 Å². The van der Waals surface area contributed by atoms with Crippen LogP contribution in [0.5, 0.6) is 0 Å². The summed E-state index contributed by atoms with van der Waals surface area (Å²) in [6, 6.07) is 16.1. The highest BCUT2D eigenvalue weighted by atomic mass is 16.3. The molecule has 2 aromatic carbocycles. The van der Waals surface area contributed by atoms with Gasteiger partial charge in [0.25, 0.3) is 11.8 Å². The zero-order valence-corrected chi connectivity index (χ0v) is 25.1. The maximum Gasteiger partial charge on any atom is 0.274 e. The number of nitrogens with one attached hydrogen (secondary N) is 4. The molecule has 2 bridgehead atoms. The first-order valence-electron chi connectivity index (χ1n) is 15.0. The molecular weight excluding hydrogens is 576 g/mol. The lowest BCUT2D eigenvalue weighted by Gasteiger charge is -2.27. The Morgan fingerprint density at radius 1 is 1.00 bits per heavy atom. The van der Waals surface area contributed by atoms with E-state index in [4.69, 9.17) is 4.42 Å². The molecule has 0 saturated heterocycles. The monoisotopic (exact) mass is 612 g/mol. The van der Waals surface area contributed by atoms with Gasteiger partial charge in [-0.3, -0.25) is 19.2 Å². The second kappa shape index (κ2) is 14.4. The molecule has 13 nitrogen and oxygen atoms in total. The number of carbonyl (C=O) groups excluding carboxylic acids is 4. The van der Waals surface area contributed by atoms with Crippen LogP contribution >= 0.6 is 0 Å². The Morgan fingerprint density at radius 3 is 2.47 bits per heavy atom. The van der Waals surface area contributed by atoms with Crippen LogP contribution in [0.15, 0.2) is 77.5 Å². The van der Waals surface area contributed by atoms with Gasteiger partial charge < -0.3 is 25.7 Å². The first-order chi connectivity index (χ1) is 21.8. The van der Waals surface area contributed by atoms with E-state index < -0.39 is 41.8 Å². The van der Waals surface area contributed by atoms with E-state index in [1.165, 1.54) is 17.1 Å². The number of oxazole rings is 1. The van der Waals surface area contributed by atoms with Crippen molar-refractivity contribution in [3.8, 4) is 5.69 Å². The molecule has 0 radical (unpaired) electrons. The largest absolute Gasteiger partial charge is 0.446 e. The third kappa shape index (κ3) is 7.99. The number of amides is 4. The molecular formula is C32H36N8O5. The van der Waals surface area contributed by atoms with E-state index >= 15 is 0 Å². The van der Waals surface area contributed by atoms with E-state index in [2.05, 4.69) is 36.6 Å². The Labute approximate surface area is 260 Å². The van der Waals surface area contributed by atoms with E-state index in [-0.39, 0.29) is 29.6 Å². The van der Waals surface area contributed by atoms with Gasteiger partial charge in [0.2, 0.25) is 17.7 Å². The van der Waals surface area contributed by atoms with Crippen LogP contribution in [0.4, 0.5) is 0 Å².